The summed E-state index contributed by atoms with van der Waals surface area (Å²) in [6.07, 6.45) is 0. The van der Waals surface area contributed by atoms with Crippen molar-refractivity contribution in [1.82, 2.24) is 15.2 Å². The van der Waals surface area contributed by atoms with E-state index >= 15 is 0 Å². The minimum absolute atomic E-state index is 0.0409. The lowest BCUT2D eigenvalue weighted by Crippen LogP contribution is -2.44. The number of aryl methyl sites for hydroxylation is 1. The second-order valence-corrected chi connectivity index (χ2v) is 8.01. The van der Waals surface area contributed by atoms with Crippen LogP contribution in [0.15, 0.2) is 36.4 Å². The fraction of sp³-hybridized carbons (Fsp3) is 0.429. The van der Waals surface area contributed by atoms with E-state index in [4.69, 9.17) is 0 Å². The maximum Gasteiger partial charge on any atom is 0.322 e. The second kappa shape index (κ2) is 7.27. The number of hydrogen-bond acceptors (Lipinski definition) is 3. The van der Waals surface area contributed by atoms with Crippen LogP contribution in [0, 0.1) is 12.7 Å². The van der Waals surface area contributed by atoms with Gasteiger partial charge in [-0.05, 0) is 50.8 Å². The molecule has 0 fully saturated rings. The molecule has 1 N–H and O–H groups in total. The molecular weight excluding hydrogens is 343 g/mol. The monoisotopic (exact) mass is 370 g/mol. The smallest absolute Gasteiger partial charge is 0.322 e. The third-order valence-electron chi connectivity index (χ3n) is 5.07. The molecule has 1 aliphatic rings. The number of aromatic nitrogens is 1. The third-order valence-corrected chi connectivity index (χ3v) is 5.07. The van der Waals surface area contributed by atoms with Gasteiger partial charge in [-0.2, -0.15) is 0 Å². The lowest BCUT2D eigenvalue weighted by molar-refractivity contribution is 0.237. The highest BCUT2D eigenvalue weighted by Gasteiger charge is 2.39. The van der Waals surface area contributed by atoms with Gasteiger partial charge in [0.05, 0.1) is 17.4 Å². The van der Waals surface area contributed by atoms with Gasteiger partial charge in [-0.3, -0.25) is 9.88 Å². The minimum atomic E-state index is -0.265. The van der Waals surface area contributed by atoms with Gasteiger partial charge in [0.2, 0.25) is 0 Å². The van der Waals surface area contributed by atoms with Crippen LogP contribution >= 0.6 is 0 Å². The number of nitrogens with zero attached hydrogens (tertiary/aromatic N) is 3. The van der Waals surface area contributed by atoms with E-state index in [-0.39, 0.29) is 23.3 Å². The van der Waals surface area contributed by atoms with Crippen molar-refractivity contribution in [2.45, 2.75) is 32.2 Å². The van der Waals surface area contributed by atoms with Crippen molar-refractivity contribution in [3.8, 4) is 0 Å². The molecule has 1 aromatic carbocycles. The molecule has 0 aliphatic carbocycles. The zero-order chi connectivity index (χ0) is 19.8. The summed E-state index contributed by atoms with van der Waals surface area (Å²) in [7, 11) is 3.89. The first-order chi connectivity index (χ1) is 12.7. The number of benzene rings is 1. The molecule has 0 saturated heterocycles. The van der Waals surface area contributed by atoms with Gasteiger partial charge < -0.3 is 10.2 Å². The number of anilines is 1. The molecule has 144 valence electrons. The average molecular weight is 370 g/mol. The molecule has 0 spiro atoms. The predicted octanol–water partition coefficient (Wildman–Crippen LogP) is 3.64. The number of nitrogens with one attached hydrogen (secondary N) is 1. The van der Waals surface area contributed by atoms with E-state index in [9.17, 15) is 9.18 Å². The van der Waals surface area contributed by atoms with E-state index < -0.39 is 0 Å². The van der Waals surface area contributed by atoms with Gasteiger partial charge in [0.15, 0.2) is 0 Å². The Morgan fingerprint density at radius 2 is 1.93 bits per heavy atom. The maximum atomic E-state index is 13.2. The highest BCUT2D eigenvalue weighted by atomic mass is 19.1. The summed E-state index contributed by atoms with van der Waals surface area (Å²) in [5, 5.41) is 3.04. The molecule has 0 saturated carbocycles. The Balaban J connectivity index is 1.75. The van der Waals surface area contributed by atoms with Gasteiger partial charge in [0.25, 0.3) is 0 Å². The van der Waals surface area contributed by atoms with E-state index in [1.54, 1.807) is 17.0 Å². The Bertz CT molecular complexity index is 833. The van der Waals surface area contributed by atoms with Crippen molar-refractivity contribution >= 4 is 11.7 Å². The molecule has 1 aromatic heterocycles. The molecule has 2 aromatic rings. The summed E-state index contributed by atoms with van der Waals surface area (Å²) in [5.41, 5.74) is 3.55. The minimum Gasteiger partial charge on any atom is -0.336 e. The molecule has 1 aliphatic heterocycles. The van der Waals surface area contributed by atoms with E-state index in [1.165, 1.54) is 12.1 Å². The van der Waals surface area contributed by atoms with Gasteiger partial charge in [-0.15, -0.1) is 0 Å². The molecule has 0 bridgehead atoms. The normalized spacial score (nSPS) is 16.3. The van der Waals surface area contributed by atoms with Crippen LogP contribution in [0.5, 0.6) is 0 Å². The summed E-state index contributed by atoms with van der Waals surface area (Å²) in [5.74, 6) is -0.265. The maximum absolute atomic E-state index is 13.2. The molecule has 0 unspecified atom stereocenters. The van der Waals surface area contributed by atoms with Crippen molar-refractivity contribution in [3.05, 3.63) is 59.2 Å². The second-order valence-electron chi connectivity index (χ2n) is 8.01. The first-order valence-corrected chi connectivity index (χ1v) is 9.14. The summed E-state index contributed by atoms with van der Waals surface area (Å²) in [6, 6.07) is 10.1. The van der Waals surface area contributed by atoms with Crippen LogP contribution in [0.1, 0.15) is 36.8 Å². The van der Waals surface area contributed by atoms with Crippen molar-refractivity contribution in [3.63, 3.8) is 0 Å². The van der Waals surface area contributed by atoms with Crippen molar-refractivity contribution in [1.29, 1.82) is 0 Å². The van der Waals surface area contributed by atoms with Crippen LogP contribution in [0.3, 0.4) is 0 Å². The highest BCUT2D eigenvalue weighted by molar-refractivity contribution is 5.94. The SMILES string of the molecule is Cc1ccc2c(n1)C(C)(C)CN2C(=O)NC[C@@H](c1ccc(F)cc1)N(C)C. The van der Waals surface area contributed by atoms with Crippen molar-refractivity contribution < 1.29 is 9.18 Å². The molecule has 6 heteroatoms. The summed E-state index contributed by atoms with van der Waals surface area (Å²) in [4.78, 5) is 21.3. The quantitative estimate of drug-likeness (QED) is 0.894. The van der Waals surface area contributed by atoms with Crippen LogP contribution in [0.4, 0.5) is 14.9 Å². The third kappa shape index (κ3) is 3.95. The number of fused-ring (bicyclic) bond motifs is 1. The Labute approximate surface area is 160 Å². The molecule has 2 heterocycles. The van der Waals surface area contributed by atoms with Crippen molar-refractivity contribution in [2.24, 2.45) is 0 Å². The molecule has 0 radical (unpaired) electrons. The summed E-state index contributed by atoms with van der Waals surface area (Å²) in [6.45, 7) is 7.19. The number of carbonyl (C=O) groups is 1. The molecule has 5 nitrogen and oxygen atoms in total. The molecule has 2 amide bonds. The number of hydrogen-bond donors (Lipinski definition) is 1. The van der Waals surface area contributed by atoms with E-state index in [0.717, 1.165) is 22.6 Å². The zero-order valence-electron chi connectivity index (χ0n) is 16.6. The van der Waals surface area contributed by atoms with Crippen LogP contribution in [-0.2, 0) is 5.41 Å². The lowest BCUT2D eigenvalue weighted by atomic mass is 9.91. The van der Waals surface area contributed by atoms with Crippen LogP contribution in [-0.4, -0.2) is 43.1 Å². The van der Waals surface area contributed by atoms with Gasteiger partial charge in [0.1, 0.15) is 5.82 Å². The number of carbonyl (C=O) groups excluding carboxylic acids is 1. The van der Waals surface area contributed by atoms with Crippen LogP contribution in [0.25, 0.3) is 0 Å². The number of urea groups is 1. The van der Waals surface area contributed by atoms with Gasteiger partial charge in [-0.25, -0.2) is 9.18 Å². The number of likely N-dealkylation sites (N-methyl/N-ethyl adjacent to an activating group) is 1. The largest absolute Gasteiger partial charge is 0.336 e. The summed E-state index contributed by atoms with van der Waals surface area (Å²) < 4.78 is 13.2. The lowest BCUT2D eigenvalue weighted by Gasteiger charge is -2.27. The fourth-order valence-electron chi connectivity index (χ4n) is 3.56. The molecule has 1 atom stereocenters. The van der Waals surface area contributed by atoms with Gasteiger partial charge in [-0.1, -0.05) is 26.0 Å². The first kappa shape index (κ1) is 19.3. The average Bonchev–Trinajstić information content (AvgIpc) is 2.87. The number of pyridine rings is 1. The van der Waals surface area contributed by atoms with E-state index in [2.05, 4.69) is 24.1 Å². The fourth-order valence-corrected chi connectivity index (χ4v) is 3.56. The molecule has 3 rings (SSSR count). The Morgan fingerprint density at radius 3 is 2.56 bits per heavy atom. The van der Waals surface area contributed by atoms with Crippen LogP contribution < -0.4 is 10.2 Å². The topological polar surface area (TPSA) is 48.5 Å². The standard InChI is InChI=1S/C21H27FN4O/c1-14-6-11-17-19(24-14)21(2,3)13-26(17)20(27)23-12-18(25(4)5)15-7-9-16(22)10-8-15/h6-11,18H,12-13H2,1-5H3,(H,23,27)/t18-/m0/s1. The molecule has 27 heavy (non-hydrogen) atoms. The van der Waals surface area contributed by atoms with Gasteiger partial charge in [0, 0.05) is 24.2 Å². The Hall–Kier alpha value is -2.47. The summed E-state index contributed by atoms with van der Waals surface area (Å²) >= 11 is 0. The first-order valence-electron chi connectivity index (χ1n) is 9.14. The highest BCUT2D eigenvalue weighted by Crippen LogP contribution is 2.39. The number of halogens is 1. The number of rotatable bonds is 4. The Morgan fingerprint density at radius 1 is 1.26 bits per heavy atom. The van der Waals surface area contributed by atoms with E-state index in [1.807, 2.05) is 38.1 Å². The van der Waals surface area contributed by atoms with Crippen LogP contribution in [0.2, 0.25) is 0 Å². The molecular formula is C21H27FN4O. The predicted molar refractivity (Wildman–Crippen MR) is 106 cm³/mol. The zero-order valence-corrected chi connectivity index (χ0v) is 16.6. The van der Waals surface area contributed by atoms with Gasteiger partial charge >= 0.3 is 6.03 Å². The van der Waals surface area contributed by atoms with E-state index in [0.29, 0.717) is 13.1 Å². The Kier molecular flexibility index (Phi) is 5.20. The number of amides is 2. The van der Waals surface area contributed by atoms with Crippen molar-refractivity contribution in [2.75, 3.05) is 32.1 Å².